The summed E-state index contributed by atoms with van der Waals surface area (Å²) in [6.45, 7) is 17.0. The molecule has 4 rings (SSSR count). The second-order valence-corrected chi connectivity index (χ2v) is 17.1. The molecule has 314 valence electrons. The largest absolute Gasteiger partial charge is 0.378 e. The molecule has 11 atom stereocenters. The highest BCUT2D eigenvalue weighted by Gasteiger charge is 2.66. The van der Waals surface area contributed by atoms with Gasteiger partial charge >= 0.3 is 0 Å². The second kappa shape index (κ2) is 27.5. The van der Waals surface area contributed by atoms with Crippen LogP contribution in [-0.4, -0.2) is 70.9 Å². The molecule has 4 saturated carbocycles. The van der Waals surface area contributed by atoms with Crippen molar-refractivity contribution in [2.75, 3.05) is 52.5 Å². The van der Waals surface area contributed by atoms with Crippen molar-refractivity contribution in [1.29, 1.82) is 0 Å². The lowest BCUT2D eigenvalue weighted by Gasteiger charge is -2.65. The molecule has 0 aromatic carbocycles. The van der Waals surface area contributed by atoms with E-state index in [0.29, 0.717) is 78.9 Å². The highest BCUT2D eigenvalue weighted by molar-refractivity contribution is 5.86. The summed E-state index contributed by atoms with van der Waals surface area (Å²) in [5, 5.41) is 3.77. The molecule has 7 nitrogen and oxygen atoms in total. The molecule has 0 aromatic rings. The molecule has 0 aliphatic heterocycles. The Labute approximate surface area is 345 Å². The molecule has 0 spiro atoms. The van der Waals surface area contributed by atoms with Gasteiger partial charge in [0.2, 0.25) is 0 Å². The highest BCUT2D eigenvalue weighted by atomic mass is 35.5. The van der Waals surface area contributed by atoms with Crippen LogP contribution in [0.25, 0.3) is 0 Å². The maximum atomic E-state index is 7.03. The summed E-state index contributed by atoms with van der Waals surface area (Å²) in [4.78, 5) is 0. The first kappa shape index (κ1) is 52.9. The van der Waals surface area contributed by atoms with Crippen molar-refractivity contribution in [3.8, 4) is 0 Å². The van der Waals surface area contributed by atoms with Gasteiger partial charge in [-0.2, -0.15) is 0 Å². The zero-order chi connectivity index (χ0) is 34.4. The van der Waals surface area contributed by atoms with Gasteiger partial charge in [-0.1, -0.05) is 59.8 Å². The van der Waals surface area contributed by atoms with Gasteiger partial charge in [0.05, 0.1) is 18.3 Å². The van der Waals surface area contributed by atoms with Crippen LogP contribution in [0.15, 0.2) is 0 Å². The van der Waals surface area contributed by atoms with Crippen LogP contribution in [0.3, 0.4) is 0 Å². The molecule has 11 heteroatoms. The molecule has 0 saturated heterocycles. The predicted molar refractivity (Wildman–Crippen MR) is 230 cm³/mol. The number of unbranched alkanes of at least 4 members (excludes halogenated alkanes) is 5. The predicted octanol–water partition coefficient (Wildman–Crippen LogP) is 9.12. The van der Waals surface area contributed by atoms with Crippen LogP contribution in [0.5, 0.6) is 0 Å². The van der Waals surface area contributed by atoms with E-state index in [9.17, 15) is 0 Å². The average Bonchev–Trinajstić information content (AvgIpc) is 3.44. The van der Waals surface area contributed by atoms with E-state index in [1.165, 1.54) is 96.4 Å². The summed E-state index contributed by atoms with van der Waals surface area (Å²) >= 11 is 0. The Bertz CT molecular complexity index is 899. The first-order valence-corrected chi connectivity index (χ1v) is 21.0. The third-order valence-corrected chi connectivity index (χ3v) is 14.2. The summed E-state index contributed by atoms with van der Waals surface area (Å²) < 4.78 is 20.4. The average molecular weight is 823 g/mol. The fraction of sp³-hybridized carbons (Fsp3) is 1.00. The van der Waals surface area contributed by atoms with Crippen LogP contribution in [0.2, 0.25) is 0 Å². The summed E-state index contributed by atoms with van der Waals surface area (Å²) in [7, 11) is 0. The Balaban J connectivity index is 0.00000650. The molecule has 0 unspecified atom stereocenters. The first-order chi connectivity index (χ1) is 23.3. The zero-order valence-electron chi connectivity index (χ0n) is 33.7. The quantitative estimate of drug-likeness (QED) is 0.0718. The molecule has 0 aromatic heterocycles. The molecular formula is C41H84Cl4N4O3. The Kier molecular flexibility index (Phi) is 28.0. The smallest absolute Gasteiger partial charge is 0.0637 e. The van der Waals surface area contributed by atoms with Gasteiger partial charge in [0.15, 0.2) is 0 Å². The van der Waals surface area contributed by atoms with E-state index < -0.39 is 0 Å². The number of nitrogens with one attached hydrogen (secondary N) is 1. The summed E-state index contributed by atoms with van der Waals surface area (Å²) in [5.74, 6) is 3.92. The van der Waals surface area contributed by atoms with Crippen molar-refractivity contribution < 1.29 is 14.2 Å². The van der Waals surface area contributed by atoms with Gasteiger partial charge in [0.25, 0.3) is 0 Å². The fourth-order valence-electron chi connectivity index (χ4n) is 11.5. The van der Waals surface area contributed by atoms with Crippen molar-refractivity contribution >= 4 is 49.6 Å². The number of hydrogen-bond acceptors (Lipinski definition) is 7. The van der Waals surface area contributed by atoms with Crippen molar-refractivity contribution in [2.45, 2.75) is 162 Å². The Hall–Kier alpha value is 0.880. The molecule has 52 heavy (non-hydrogen) atoms. The standard InChI is InChI=1S/C41H80N4O3.4ClH/c1-5-6-7-8-9-10-23-45-24-11-15-31(2)34-16-17-35-39-36(30-38(41(34,35)4)48-27-14-22-44)40(3)19-18-33(46-25-12-20-42)28-32(40)29-37(39)47-26-13-21-43;;;;/h31-39,45H,5-30,42-44H2,1-4H3;4*1H/t31-,32+,33-,34-,35+,36+,37-,38+,39+,40+,41-;;;;/m1..../s1. The topological polar surface area (TPSA) is 118 Å². The van der Waals surface area contributed by atoms with Gasteiger partial charge in [0.1, 0.15) is 0 Å². The van der Waals surface area contributed by atoms with Gasteiger partial charge in [-0.05, 0) is 157 Å². The second-order valence-electron chi connectivity index (χ2n) is 17.1. The van der Waals surface area contributed by atoms with E-state index in [1.807, 2.05) is 0 Å². The molecule has 0 heterocycles. The van der Waals surface area contributed by atoms with Crippen molar-refractivity contribution in [1.82, 2.24) is 5.32 Å². The number of fused-ring (bicyclic) bond motifs is 5. The lowest BCUT2D eigenvalue weighted by atomic mass is 9.43. The maximum absolute atomic E-state index is 7.03. The van der Waals surface area contributed by atoms with Crippen molar-refractivity contribution in [2.24, 2.45) is 63.5 Å². The Morgan fingerprint density at radius 2 is 1.29 bits per heavy atom. The van der Waals surface area contributed by atoms with E-state index in [-0.39, 0.29) is 55.0 Å². The van der Waals surface area contributed by atoms with Crippen LogP contribution in [0.4, 0.5) is 0 Å². The Morgan fingerprint density at radius 3 is 1.96 bits per heavy atom. The monoisotopic (exact) mass is 821 g/mol. The van der Waals surface area contributed by atoms with Gasteiger partial charge in [0, 0.05) is 25.2 Å². The minimum Gasteiger partial charge on any atom is -0.378 e. The third kappa shape index (κ3) is 13.5. The van der Waals surface area contributed by atoms with Gasteiger partial charge in [-0.3, -0.25) is 0 Å². The van der Waals surface area contributed by atoms with E-state index in [1.54, 1.807) is 0 Å². The molecule has 0 amide bonds. The lowest BCUT2D eigenvalue weighted by Crippen LogP contribution is -2.63. The minimum absolute atomic E-state index is 0. The summed E-state index contributed by atoms with van der Waals surface area (Å²) in [6, 6.07) is 0. The molecule has 0 bridgehead atoms. The van der Waals surface area contributed by atoms with Crippen LogP contribution < -0.4 is 22.5 Å². The molecule has 4 aliphatic rings. The highest BCUT2D eigenvalue weighted by Crippen LogP contribution is 2.69. The summed E-state index contributed by atoms with van der Waals surface area (Å²) in [5.41, 5.74) is 18.3. The zero-order valence-corrected chi connectivity index (χ0v) is 36.9. The summed E-state index contributed by atoms with van der Waals surface area (Å²) in [6.07, 6.45) is 23.2. The van der Waals surface area contributed by atoms with Crippen molar-refractivity contribution in [3.05, 3.63) is 0 Å². The van der Waals surface area contributed by atoms with E-state index >= 15 is 0 Å². The fourth-order valence-corrected chi connectivity index (χ4v) is 11.5. The number of nitrogens with two attached hydrogens (primary N) is 3. The first-order valence-electron chi connectivity index (χ1n) is 21.0. The molecular weight excluding hydrogens is 738 g/mol. The van der Waals surface area contributed by atoms with Gasteiger partial charge in [-0.15, -0.1) is 49.6 Å². The van der Waals surface area contributed by atoms with Gasteiger partial charge < -0.3 is 36.7 Å². The SMILES string of the molecule is CCCCCCCCNCCC[C@@H](C)[C@H]1CC[C@H]2[C@@H]3[C@H](OCCCN)C[C@@H]4C[C@H](OCCCN)CC[C@]4(C)[C@H]3C[C@H](OCCCN)[C@]12C.Cl.Cl.Cl.Cl. The molecule has 7 N–H and O–H groups in total. The maximum Gasteiger partial charge on any atom is 0.0637 e. The Morgan fingerprint density at radius 1 is 0.673 bits per heavy atom. The number of rotatable bonds is 24. The third-order valence-electron chi connectivity index (χ3n) is 14.2. The van der Waals surface area contributed by atoms with Crippen molar-refractivity contribution in [3.63, 3.8) is 0 Å². The lowest BCUT2D eigenvalue weighted by molar-refractivity contribution is -0.227. The normalized spacial score (nSPS) is 34.0. The number of ether oxygens (including phenoxy) is 3. The van der Waals surface area contributed by atoms with Crippen LogP contribution in [0, 0.1) is 46.3 Å². The van der Waals surface area contributed by atoms with Crippen LogP contribution >= 0.6 is 49.6 Å². The van der Waals surface area contributed by atoms with Crippen LogP contribution in [0.1, 0.15) is 143 Å². The molecule has 4 fully saturated rings. The van der Waals surface area contributed by atoms with Crippen LogP contribution in [-0.2, 0) is 14.2 Å². The minimum atomic E-state index is 0. The van der Waals surface area contributed by atoms with E-state index in [2.05, 4.69) is 33.0 Å². The van der Waals surface area contributed by atoms with E-state index in [0.717, 1.165) is 52.0 Å². The van der Waals surface area contributed by atoms with E-state index in [4.69, 9.17) is 31.4 Å². The number of halogens is 4. The van der Waals surface area contributed by atoms with Gasteiger partial charge in [-0.25, -0.2) is 0 Å². The number of hydrogen-bond donors (Lipinski definition) is 4. The molecule has 0 radical (unpaired) electrons. The molecule has 4 aliphatic carbocycles.